The lowest BCUT2D eigenvalue weighted by Crippen LogP contribution is -2.18. The van der Waals surface area contributed by atoms with Crippen LogP contribution in [0.1, 0.15) is 50.3 Å². The molecule has 0 radical (unpaired) electrons. The van der Waals surface area contributed by atoms with Gasteiger partial charge in [-0.1, -0.05) is 54.6 Å². The third-order valence-corrected chi connectivity index (χ3v) is 6.30. The minimum atomic E-state index is -0.764. The first-order valence-corrected chi connectivity index (χ1v) is 14.8. The molecule has 0 saturated heterocycles. The van der Waals surface area contributed by atoms with Crippen LogP contribution in [-0.4, -0.2) is 57.5 Å². The Balaban J connectivity index is 1.30. The Morgan fingerprint density at radius 1 is 0.400 bits per heavy atom. The van der Waals surface area contributed by atoms with Gasteiger partial charge in [0.15, 0.2) is 0 Å². The summed E-state index contributed by atoms with van der Waals surface area (Å²) in [6.07, 6.45) is 1.34. The molecule has 4 rings (SSSR count). The van der Waals surface area contributed by atoms with Crippen LogP contribution in [-0.2, 0) is 14.2 Å². The fourth-order valence-electron chi connectivity index (χ4n) is 4.05. The monoisotopic (exact) mass is 612 g/mol. The Hall–Kier alpha value is -5.31. The molecule has 0 bridgehead atoms. The van der Waals surface area contributed by atoms with Gasteiger partial charge in [0.1, 0.15) is 17.2 Å². The smallest absolute Gasteiger partial charge is 0.339 e. The molecule has 0 fully saturated rings. The highest BCUT2D eigenvalue weighted by molar-refractivity contribution is 6.05. The van der Waals surface area contributed by atoms with E-state index in [9.17, 15) is 14.4 Å². The van der Waals surface area contributed by atoms with Gasteiger partial charge in [-0.15, -0.1) is 0 Å². The zero-order valence-corrected chi connectivity index (χ0v) is 24.9. The van der Waals surface area contributed by atoms with E-state index >= 15 is 0 Å². The number of para-hydroxylation sites is 3. The topological polar surface area (TPSA) is 107 Å². The van der Waals surface area contributed by atoms with Gasteiger partial charge >= 0.3 is 17.9 Å². The van der Waals surface area contributed by atoms with Crippen LogP contribution in [0, 0.1) is 0 Å². The highest BCUT2D eigenvalue weighted by atomic mass is 16.5. The first-order chi connectivity index (χ1) is 22.1. The molecule has 4 aromatic carbocycles. The molecule has 234 valence electrons. The van der Waals surface area contributed by atoms with Crippen LogP contribution in [0.5, 0.6) is 17.2 Å². The molecular weight excluding hydrogens is 576 g/mol. The lowest BCUT2D eigenvalue weighted by atomic mass is 10.0. The minimum Gasteiger partial charge on any atom is -0.493 e. The van der Waals surface area contributed by atoms with Gasteiger partial charge in [-0.05, 0) is 54.6 Å². The van der Waals surface area contributed by atoms with E-state index in [0.29, 0.717) is 50.6 Å². The van der Waals surface area contributed by atoms with Gasteiger partial charge in [0.2, 0.25) is 0 Å². The fraction of sp³-hybridized carbons (Fsp3) is 0.250. The Morgan fingerprint density at radius 2 is 0.778 bits per heavy atom. The normalized spacial score (nSPS) is 10.4. The van der Waals surface area contributed by atoms with Gasteiger partial charge in [0.25, 0.3) is 0 Å². The van der Waals surface area contributed by atoms with Crippen LogP contribution in [0.2, 0.25) is 0 Å². The third kappa shape index (κ3) is 11.4. The Bertz CT molecular complexity index is 1470. The van der Waals surface area contributed by atoms with Crippen molar-refractivity contribution >= 4 is 17.9 Å². The van der Waals surface area contributed by atoms with E-state index in [-0.39, 0.29) is 36.5 Å². The summed E-state index contributed by atoms with van der Waals surface area (Å²) in [5.74, 6) is 0.0323. The number of esters is 3. The summed E-state index contributed by atoms with van der Waals surface area (Å²) in [7, 11) is 0. The third-order valence-electron chi connectivity index (χ3n) is 6.30. The lowest BCUT2D eigenvalue weighted by molar-refractivity contribution is 0.0435. The summed E-state index contributed by atoms with van der Waals surface area (Å²) in [5.41, 5.74) is -0.00477. The molecule has 0 heterocycles. The maximum absolute atomic E-state index is 13.1. The van der Waals surface area contributed by atoms with Crippen molar-refractivity contribution in [2.75, 3.05) is 39.6 Å². The second-order valence-corrected chi connectivity index (χ2v) is 9.71. The SMILES string of the molecule is O=C(OCCCOc1ccccc1)c1ccc(C(=O)OCCCOc2ccccc2)c(C(=O)OCCCOc2ccccc2)c1. The van der Waals surface area contributed by atoms with Crippen LogP contribution in [0.3, 0.4) is 0 Å². The average molecular weight is 613 g/mol. The van der Waals surface area contributed by atoms with E-state index in [4.69, 9.17) is 28.4 Å². The fourth-order valence-corrected chi connectivity index (χ4v) is 4.05. The standard InChI is InChI=1S/C36H36O9/c37-34(43-24-10-21-40-29-13-4-1-5-14-29)28-19-20-32(35(38)44-25-11-22-41-30-15-6-2-7-16-30)33(27-28)36(39)45-26-12-23-42-31-17-8-3-9-18-31/h1-9,13-20,27H,10-12,21-26H2. The second-order valence-electron chi connectivity index (χ2n) is 9.71. The zero-order chi connectivity index (χ0) is 31.5. The Kier molecular flexibility index (Phi) is 13.3. The van der Waals surface area contributed by atoms with E-state index in [0.717, 1.165) is 5.75 Å². The van der Waals surface area contributed by atoms with Gasteiger partial charge in [0, 0.05) is 19.3 Å². The van der Waals surface area contributed by atoms with Crippen molar-refractivity contribution in [1.29, 1.82) is 0 Å². The molecular formula is C36H36O9. The van der Waals surface area contributed by atoms with Gasteiger partial charge < -0.3 is 28.4 Å². The summed E-state index contributed by atoms with van der Waals surface area (Å²) in [6.45, 7) is 1.28. The van der Waals surface area contributed by atoms with Crippen LogP contribution in [0.15, 0.2) is 109 Å². The Morgan fingerprint density at radius 3 is 1.20 bits per heavy atom. The first kappa shape index (κ1) is 32.6. The van der Waals surface area contributed by atoms with Crippen molar-refractivity contribution in [3.8, 4) is 17.2 Å². The maximum atomic E-state index is 13.1. The van der Waals surface area contributed by atoms with Crippen molar-refractivity contribution in [1.82, 2.24) is 0 Å². The number of benzene rings is 4. The van der Waals surface area contributed by atoms with E-state index in [1.165, 1.54) is 18.2 Å². The number of hydrogen-bond donors (Lipinski definition) is 0. The quantitative estimate of drug-likeness (QED) is 0.0701. The molecule has 0 aliphatic carbocycles. The molecule has 9 heteroatoms. The molecule has 0 unspecified atom stereocenters. The molecule has 9 nitrogen and oxygen atoms in total. The molecule has 0 saturated carbocycles. The molecule has 4 aromatic rings. The van der Waals surface area contributed by atoms with Crippen LogP contribution >= 0.6 is 0 Å². The highest BCUT2D eigenvalue weighted by Crippen LogP contribution is 2.18. The summed E-state index contributed by atoms with van der Waals surface area (Å²) >= 11 is 0. The average Bonchev–Trinajstić information content (AvgIpc) is 3.08. The van der Waals surface area contributed by atoms with E-state index in [1.807, 2.05) is 91.0 Å². The number of rotatable bonds is 18. The first-order valence-electron chi connectivity index (χ1n) is 14.8. The number of carbonyl (C=O) groups is 3. The molecule has 0 N–H and O–H groups in total. The molecule has 0 aromatic heterocycles. The van der Waals surface area contributed by atoms with Crippen LogP contribution in [0.4, 0.5) is 0 Å². The molecule has 45 heavy (non-hydrogen) atoms. The number of carbonyl (C=O) groups excluding carboxylic acids is 3. The van der Waals surface area contributed by atoms with Crippen LogP contribution in [0.25, 0.3) is 0 Å². The summed E-state index contributed by atoms with van der Waals surface area (Å²) in [5, 5.41) is 0. The molecule has 0 amide bonds. The molecule has 0 aliphatic heterocycles. The van der Waals surface area contributed by atoms with Crippen molar-refractivity contribution in [2.24, 2.45) is 0 Å². The highest BCUT2D eigenvalue weighted by Gasteiger charge is 2.22. The van der Waals surface area contributed by atoms with E-state index in [1.54, 1.807) is 0 Å². The second kappa shape index (κ2) is 18.4. The Labute approximate surface area is 262 Å². The lowest BCUT2D eigenvalue weighted by Gasteiger charge is -2.12. The predicted octanol–water partition coefficient (Wildman–Crippen LogP) is 6.56. The van der Waals surface area contributed by atoms with Gasteiger partial charge in [-0.3, -0.25) is 0 Å². The van der Waals surface area contributed by atoms with Crippen molar-refractivity contribution in [3.63, 3.8) is 0 Å². The van der Waals surface area contributed by atoms with Gasteiger partial charge in [-0.2, -0.15) is 0 Å². The van der Waals surface area contributed by atoms with Gasteiger partial charge in [0.05, 0.1) is 56.3 Å². The predicted molar refractivity (Wildman–Crippen MR) is 167 cm³/mol. The van der Waals surface area contributed by atoms with Crippen molar-refractivity contribution < 1.29 is 42.8 Å². The zero-order valence-electron chi connectivity index (χ0n) is 24.9. The molecule has 0 spiro atoms. The van der Waals surface area contributed by atoms with E-state index in [2.05, 4.69) is 0 Å². The molecule has 0 atom stereocenters. The molecule has 0 aliphatic rings. The number of hydrogen-bond acceptors (Lipinski definition) is 9. The summed E-state index contributed by atoms with van der Waals surface area (Å²) < 4.78 is 33.1. The largest absolute Gasteiger partial charge is 0.493 e. The minimum absolute atomic E-state index is 0.0164. The van der Waals surface area contributed by atoms with Gasteiger partial charge in [-0.25, -0.2) is 14.4 Å². The maximum Gasteiger partial charge on any atom is 0.339 e. The van der Waals surface area contributed by atoms with Crippen LogP contribution < -0.4 is 14.2 Å². The summed E-state index contributed by atoms with van der Waals surface area (Å²) in [6, 6.07) is 32.0. The van der Waals surface area contributed by atoms with Crippen molar-refractivity contribution in [3.05, 3.63) is 126 Å². The van der Waals surface area contributed by atoms with Crippen molar-refractivity contribution in [2.45, 2.75) is 19.3 Å². The van der Waals surface area contributed by atoms with E-state index < -0.39 is 17.9 Å². The summed E-state index contributed by atoms with van der Waals surface area (Å²) in [4.78, 5) is 38.8. The number of ether oxygens (including phenoxy) is 6.